The molecule has 1 amide bonds. The van der Waals surface area contributed by atoms with E-state index in [4.69, 9.17) is 0 Å². The Hall–Kier alpha value is -2.22. The van der Waals surface area contributed by atoms with Crippen molar-refractivity contribution in [3.8, 4) is 0 Å². The monoisotopic (exact) mass is 795 g/mol. The van der Waals surface area contributed by atoms with Crippen LogP contribution in [-0.2, 0) is 19.2 Å². The van der Waals surface area contributed by atoms with Gasteiger partial charge in [-0.2, -0.15) is 0 Å². The summed E-state index contributed by atoms with van der Waals surface area (Å²) < 4.78 is 0. The summed E-state index contributed by atoms with van der Waals surface area (Å²) in [6.45, 7) is 27.9. The van der Waals surface area contributed by atoms with Crippen LogP contribution in [-0.4, -0.2) is 52.0 Å². The minimum Gasteiger partial charge on any atom is -0.481 e. The highest BCUT2D eigenvalue weighted by Gasteiger charge is 2.71. The van der Waals surface area contributed by atoms with E-state index in [0.29, 0.717) is 42.4 Å². The number of ketones is 1. The highest BCUT2D eigenvalue weighted by atomic mass is 16.4. The average Bonchev–Trinajstić information content (AvgIpc) is 3.48. The number of carbonyl (C=O) groups excluding carboxylic acids is 2. The second-order valence-electron chi connectivity index (χ2n) is 22.6. The smallest absolute Gasteiger partial charge is 0.326 e. The molecule has 5 fully saturated rings. The number of carboxylic acids is 2. The summed E-state index contributed by atoms with van der Waals surface area (Å²) in [5.74, 6) is 1.15. The van der Waals surface area contributed by atoms with E-state index in [1.165, 1.54) is 50.5 Å². The third-order valence-corrected chi connectivity index (χ3v) is 18.1. The Morgan fingerprint density at radius 2 is 1.46 bits per heavy atom. The Labute approximate surface area is 346 Å². The van der Waals surface area contributed by atoms with E-state index in [1.54, 1.807) is 13.8 Å². The van der Waals surface area contributed by atoms with Gasteiger partial charge in [0.25, 0.3) is 0 Å². The summed E-state index contributed by atoms with van der Waals surface area (Å²) >= 11 is 0. The van der Waals surface area contributed by atoms with E-state index in [-0.39, 0.29) is 57.1 Å². The number of nitrogens with one attached hydrogen (secondary N) is 2. The van der Waals surface area contributed by atoms with Gasteiger partial charge >= 0.3 is 11.9 Å². The van der Waals surface area contributed by atoms with Gasteiger partial charge in [0.05, 0.1) is 5.41 Å². The maximum absolute atomic E-state index is 13.9. The topological polar surface area (TPSA) is 133 Å². The Morgan fingerprint density at radius 1 is 0.789 bits per heavy atom. The maximum atomic E-state index is 13.9. The van der Waals surface area contributed by atoms with E-state index in [1.807, 2.05) is 13.8 Å². The zero-order chi connectivity index (χ0) is 42.4. The maximum Gasteiger partial charge on any atom is 0.326 e. The Morgan fingerprint density at radius 3 is 2.09 bits per heavy atom. The molecule has 0 saturated heterocycles. The summed E-state index contributed by atoms with van der Waals surface area (Å²) in [7, 11) is 0. The van der Waals surface area contributed by atoms with Gasteiger partial charge in [-0.25, -0.2) is 4.79 Å². The van der Waals surface area contributed by atoms with Crippen LogP contribution in [0.1, 0.15) is 185 Å². The minimum absolute atomic E-state index is 0.0823. The molecule has 0 spiro atoms. The van der Waals surface area contributed by atoms with Crippen LogP contribution >= 0.6 is 0 Å². The highest BCUT2D eigenvalue weighted by Crippen LogP contribution is 2.77. The molecule has 8 nitrogen and oxygen atoms in total. The van der Waals surface area contributed by atoms with Crippen LogP contribution in [0.3, 0.4) is 0 Å². The molecule has 4 unspecified atom stereocenters. The lowest BCUT2D eigenvalue weighted by molar-refractivity contribution is -0.237. The molecule has 324 valence electrons. The van der Waals surface area contributed by atoms with Crippen molar-refractivity contribution in [1.82, 2.24) is 10.6 Å². The molecule has 0 aromatic rings. The third kappa shape index (κ3) is 8.56. The molecule has 0 aromatic carbocycles. The van der Waals surface area contributed by atoms with Gasteiger partial charge in [-0.1, -0.05) is 79.9 Å². The van der Waals surface area contributed by atoms with Crippen LogP contribution in [0.15, 0.2) is 12.2 Å². The van der Waals surface area contributed by atoms with E-state index >= 15 is 0 Å². The molecule has 11 atom stereocenters. The second kappa shape index (κ2) is 17.0. The molecule has 5 aliphatic carbocycles. The van der Waals surface area contributed by atoms with E-state index in [0.717, 1.165) is 57.9 Å². The minimum atomic E-state index is -1.04. The Balaban J connectivity index is 1.21. The number of unbranched alkanes of at least 4 members (excludes halogenated alkanes) is 4. The number of fused-ring (bicyclic) bond motifs is 7. The number of allylic oxidation sites excluding steroid dienone is 1. The molecule has 0 aliphatic heterocycles. The fourth-order valence-corrected chi connectivity index (χ4v) is 14.9. The summed E-state index contributed by atoms with van der Waals surface area (Å²) in [6.07, 6.45) is 17.8. The number of hydrogen-bond donors (Lipinski definition) is 4. The largest absolute Gasteiger partial charge is 0.481 e. The van der Waals surface area contributed by atoms with Crippen LogP contribution in [0.5, 0.6) is 0 Å². The fourth-order valence-electron chi connectivity index (χ4n) is 14.9. The molecule has 5 saturated carbocycles. The second-order valence-corrected chi connectivity index (χ2v) is 22.6. The lowest BCUT2D eigenvalue weighted by Gasteiger charge is -2.73. The van der Waals surface area contributed by atoms with E-state index in [2.05, 4.69) is 58.8 Å². The number of hydrogen-bond acceptors (Lipinski definition) is 5. The zero-order valence-electron chi connectivity index (χ0n) is 37.8. The molecular weight excluding hydrogens is 713 g/mol. The lowest BCUT2D eigenvalue weighted by Crippen LogP contribution is -2.68. The molecule has 5 rings (SSSR count). The SMILES string of the molecule is C=C(C)[C@@H]1CC[C@]2(NCCCCCCCC(=O)N[C@@H](CC(C)C)C(=O)O)CC[C@]3(C)C(CCC4[C@@]5(C)CC[C@H](C(=O)CC(C)(C)C(=O)O)C(C)(C)C5CC[C@]43C)C12. The zero-order valence-corrected chi connectivity index (χ0v) is 37.8. The van der Waals surface area contributed by atoms with Crippen molar-refractivity contribution in [1.29, 1.82) is 0 Å². The van der Waals surface area contributed by atoms with Crippen molar-refractivity contribution in [2.75, 3.05) is 6.54 Å². The molecule has 0 bridgehead atoms. The molecule has 57 heavy (non-hydrogen) atoms. The molecule has 0 aromatic heterocycles. The van der Waals surface area contributed by atoms with Gasteiger partial charge in [-0.3, -0.25) is 14.4 Å². The lowest BCUT2D eigenvalue weighted by atomic mass is 9.32. The summed E-state index contributed by atoms with van der Waals surface area (Å²) in [5, 5.41) is 26.2. The number of rotatable bonds is 18. The van der Waals surface area contributed by atoms with Gasteiger partial charge in [0.15, 0.2) is 0 Å². The van der Waals surface area contributed by atoms with Crippen LogP contribution in [0, 0.1) is 68.5 Å². The normalized spacial score (nSPS) is 37.6. The van der Waals surface area contributed by atoms with Gasteiger partial charge in [0.2, 0.25) is 5.91 Å². The van der Waals surface area contributed by atoms with Gasteiger partial charge in [-0.05, 0) is 168 Å². The first kappa shape index (κ1) is 45.9. The van der Waals surface area contributed by atoms with Crippen molar-refractivity contribution in [2.45, 2.75) is 196 Å². The molecule has 5 aliphatic rings. The first-order valence-corrected chi connectivity index (χ1v) is 23.2. The van der Waals surface area contributed by atoms with E-state index < -0.39 is 23.4 Å². The van der Waals surface area contributed by atoms with E-state index in [9.17, 15) is 29.4 Å². The predicted molar refractivity (Wildman–Crippen MR) is 229 cm³/mol. The van der Waals surface area contributed by atoms with Gasteiger partial charge in [0, 0.05) is 24.3 Å². The molecule has 0 heterocycles. The van der Waals surface area contributed by atoms with Gasteiger partial charge < -0.3 is 20.8 Å². The summed E-state index contributed by atoms with van der Waals surface area (Å²) in [4.78, 5) is 49.8. The average molecular weight is 795 g/mol. The standard InChI is InChI=1S/C49H82N2O6/c1-31(2)29-36(42(54)55)51-40(53)17-15-13-12-14-16-28-50-49-25-20-33(32(3)4)41(49)35-18-19-39-46(9)23-21-34(37(52)30-44(5,6)43(56)57)45(7,8)38(46)22-24-48(39,11)47(35,10)26-27-49/h31,33-36,38-39,41,50H,3,12-30H2,1-2,4-11H3,(H,51,53)(H,54,55)(H,56,57)/t33-,34+,35?,36-,38?,39?,41?,46-,47+,48+,49-/m0/s1. The number of carboxylic acid groups (broad SMARTS) is 2. The first-order chi connectivity index (χ1) is 26.5. The Kier molecular flexibility index (Phi) is 13.7. The Bertz CT molecular complexity index is 1520. The number of amides is 1. The quantitative estimate of drug-likeness (QED) is 0.0802. The summed E-state index contributed by atoms with van der Waals surface area (Å²) in [5.41, 5.74) is 0.959. The van der Waals surface area contributed by atoms with Crippen molar-refractivity contribution in [3.63, 3.8) is 0 Å². The van der Waals surface area contributed by atoms with Crippen LogP contribution in [0.25, 0.3) is 0 Å². The molecular formula is C49H82N2O6. The van der Waals surface area contributed by atoms with Crippen LogP contribution < -0.4 is 10.6 Å². The predicted octanol–water partition coefficient (Wildman–Crippen LogP) is 10.6. The molecule has 8 heteroatoms. The van der Waals surface area contributed by atoms with Crippen LogP contribution in [0.4, 0.5) is 0 Å². The number of aliphatic carboxylic acids is 2. The van der Waals surface area contributed by atoms with Gasteiger partial charge in [-0.15, -0.1) is 0 Å². The number of carbonyl (C=O) groups is 4. The number of Topliss-reactive ketones (excluding diaryl/α,β-unsaturated/α-hetero) is 1. The highest BCUT2D eigenvalue weighted by molar-refractivity contribution is 5.88. The molecule has 0 radical (unpaired) electrons. The molecule has 4 N–H and O–H groups in total. The van der Waals surface area contributed by atoms with Crippen molar-refractivity contribution in [3.05, 3.63) is 12.2 Å². The first-order valence-electron chi connectivity index (χ1n) is 23.2. The van der Waals surface area contributed by atoms with Crippen molar-refractivity contribution >= 4 is 23.6 Å². The van der Waals surface area contributed by atoms with Gasteiger partial charge in [0.1, 0.15) is 11.8 Å². The fraction of sp³-hybridized carbons (Fsp3) is 0.878. The van der Waals surface area contributed by atoms with Crippen LogP contribution in [0.2, 0.25) is 0 Å². The third-order valence-electron chi connectivity index (χ3n) is 18.1. The van der Waals surface area contributed by atoms with Crippen molar-refractivity contribution in [2.24, 2.45) is 68.5 Å². The van der Waals surface area contributed by atoms with Crippen molar-refractivity contribution < 1.29 is 29.4 Å². The summed E-state index contributed by atoms with van der Waals surface area (Å²) in [6, 6.07) is -0.802.